The fourth-order valence-electron chi connectivity index (χ4n) is 4.57. The largest absolute Gasteiger partial charge is 0.368 e. The molecule has 162 valence electrons. The minimum absolute atomic E-state index is 0.209. The van der Waals surface area contributed by atoms with Gasteiger partial charge >= 0.3 is 0 Å². The van der Waals surface area contributed by atoms with E-state index in [1.54, 1.807) is 0 Å². The first-order valence-electron chi connectivity index (χ1n) is 11.1. The number of nitriles is 1. The molecule has 5 rings (SSSR count). The van der Waals surface area contributed by atoms with Crippen molar-refractivity contribution in [1.82, 2.24) is 19.6 Å². The molecule has 2 aliphatic rings. The van der Waals surface area contributed by atoms with E-state index in [1.807, 2.05) is 46.1 Å². The van der Waals surface area contributed by atoms with Crippen molar-refractivity contribution < 1.29 is 4.79 Å². The predicted octanol–water partition coefficient (Wildman–Crippen LogP) is 2.45. The first-order valence-corrected chi connectivity index (χ1v) is 11.1. The lowest BCUT2D eigenvalue weighted by Crippen LogP contribution is -2.51. The quantitative estimate of drug-likeness (QED) is 0.641. The standard InChI is InChI=1S/C25H26N6O/c26-16-20-6-8-23(9-7-20)31-24-10-11-28(18-21(24)17-27-31)19-25(32)30-14-12-29(13-15-30)22-4-2-1-3-5-22/h1-9,17H,10-15,18-19H2. The Bertz CT molecular complexity index is 1120. The van der Waals surface area contributed by atoms with Crippen LogP contribution in [0, 0.1) is 11.3 Å². The zero-order valence-corrected chi connectivity index (χ0v) is 18.0. The molecule has 0 aliphatic carbocycles. The summed E-state index contributed by atoms with van der Waals surface area (Å²) in [5.74, 6) is 0.209. The van der Waals surface area contributed by atoms with Crippen LogP contribution in [0.15, 0.2) is 60.8 Å². The van der Waals surface area contributed by atoms with Crippen LogP contribution in [0.4, 0.5) is 5.69 Å². The molecule has 1 fully saturated rings. The third-order valence-corrected chi connectivity index (χ3v) is 6.37. The average Bonchev–Trinajstić information content (AvgIpc) is 3.28. The van der Waals surface area contributed by atoms with Gasteiger partial charge in [-0.3, -0.25) is 9.69 Å². The molecule has 1 aromatic heterocycles. The van der Waals surface area contributed by atoms with Gasteiger partial charge in [-0.15, -0.1) is 0 Å². The monoisotopic (exact) mass is 426 g/mol. The van der Waals surface area contributed by atoms with Gasteiger partial charge in [-0.1, -0.05) is 18.2 Å². The molecule has 1 saturated heterocycles. The molecule has 0 saturated carbocycles. The smallest absolute Gasteiger partial charge is 0.236 e. The Morgan fingerprint density at radius 2 is 1.69 bits per heavy atom. The Balaban J connectivity index is 1.18. The number of aromatic nitrogens is 2. The zero-order valence-electron chi connectivity index (χ0n) is 18.0. The van der Waals surface area contributed by atoms with Crippen LogP contribution in [0.2, 0.25) is 0 Å². The number of carbonyl (C=O) groups excluding carboxylic acids is 1. The summed E-state index contributed by atoms with van der Waals surface area (Å²) in [5, 5.41) is 13.6. The van der Waals surface area contributed by atoms with Crippen LogP contribution in [0.5, 0.6) is 0 Å². The summed E-state index contributed by atoms with van der Waals surface area (Å²) in [7, 11) is 0. The second-order valence-electron chi connectivity index (χ2n) is 8.35. The summed E-state index contributed by atoms with van der Waals surface area (Å²) in [6.07, 6.45) is 2.76. The minimum atomic E-state index is 0.209. The molecule has 0 bridgehead atoms. The number of rotatable bonds is 4. The van der Waals surface area contributed by atoms with Crippen LogP contribution in [-0.2, 0) is 17.8 Å². The van der Waals surface area contributed by atoms with Gasteiger partial charge in [0.15, 0.2) is 0 Å². The number of fused-ring (bicyclic) bond motifs is 1. The van der Waals surface area contributed by atoms with Crippen molar-refractivity contribution in [3.63, 3.8) is 0 Å². The van der Waals surface area contributed by atoms with E-state index in [4.69, 9.17) is 5.26 Å². The van der Waals surface area contributed by atoms with E-state index in [-0.39, 0.29) is 5.91 Å². The second-order valence-corrected chi connectivity index (χ2v) is 8.35. The fraction of sp³-hybridized carbons (Fsp3) is 0.320. The number of amides is 1. The van der Waals surface area contributed by atoms with Crippen molar-refractivity contribution in [1.29, 1.82) is 5.26 Å². The van der Waals surface area contributed by atoms with E-state index in [1.165, 1.54) is 16.9 Å². The average molecular weight is 427 g/mol. The lowest BCUT2D eigenvalue weighted by atomic mass is 10.1. The Kier molecular flexibility index (Phi) is 5.61. The molecular formula is C25H26N6O. The Labute approximate surface area is 188 Å². The van der Waals surface area contributed by atoms with Crippen LogP contribution in [0.3, 0.4) is 0 Å². The number of para-hydroxylation sites is 1. The molecule has 2 aromatic carbocycles. The van der Waals surface area contributed by atoms with E-state index in [2.05, 4.69) is 45.2 Å². The maximum atomic E-state index is 12.9. The van der Waals surface area contributed by atoms with Crippen molar-refractivity contribution in [2.45, 2.75) is 13.0 Å². The zero-order chi connectivity index (χ0) is 21.9. The van der Waals surface area contributed by atoms with Crippen LogP contribution in [-0.4, -0.2) is 64.8 Å². The van der Waals surface area contributed by atoms with Crippen LogP contribution >= 0.6 is 0 Å². The lowest BCUT2D eigenvalue weighted by molar-refractivity contribution is -0.132. The summed E-state index contributed by atoms with van der Waals surface area (Å²) in [4.78, 5) is 19.5. The Morgan fingerprint density at radius 1 is 0.938 bits per heavy atom. The van der Waals surface area contributed by atoms with Crippen LogP contribution in [0.25, 0.3) is 5.69 Å². The van der Waals surface area contributed by atoms with Crippen LogP contribution in [0.1, 0.15) is 16.8 Å². The first-order chi connectivity index (χ1) is 15.7. The number of benzene rings is 2. The van der Waals surface area contributed by atoms with Gasteiger partial charge in [0.05, 0.1) is 30.1 Å². The normalized spacial score (nSPS) is 16.5. The SMILES string of the molecule is N#Cc1ccc(-n2ncc3c2CCN(CC(=O)N2CCN(c4ccccc4)CC2)C3)cc1. The molecular weight excluding hydrogens is 400 g/mol. The van der Waals surface area contributed by atoms with Gasteiger partial charge in [-0.2, -0.15) is 10.4 Å². The molecule has 0 atom stereocenters. The van der Waals surface area contributed by atoms with Crippen molar-refractivity contribution in [2.24, 2.45) is 0 Å². The molecule has 0 radical (unpaired) electrons. The number of hydrogen-bond acceptors (Lipinski definition) is 5. The lowest BCUT2D eigenvalue weighted by Gasteiger charge is -2.37. The van der Waals surface area contributed by atoms with Crippen molar-refractivity contribution >= 4 is 11.6 Å². The highest BCUT2D eigenvalue weighted by Gasteiger charge is 2.26. The van der Waals surface area contributed by atoms with E-state index >= 15 is 0 Å². The van der Waals surface area contributed by atoms with E-state index in [0.717, 1.165) is 51.4 Å². The minimum Gasteiger partial charge on any atom is -0.368 e. The van der Waals surface area contributed by atoms with E-state index in [0.29, 0.717) is 12.1 Å². The van der Waals surface area contributed by atoms with Gasteiger partial charge in [0.2, 0.25) is 5.91 Å². The number of nitrogens with zero attached hydrogens (tertiary/aromatic N) is 6. The summed E-state index contributed by atoms with van der Waals surface area (Å²) < 4.78 is 1.96. The summed E-state index contributed by atoms with van der Waals surface area (Å²) in [5.41, 5.74) is 5.19. The van der Waals surface area contributed by atoms with Gasteiger partial charge in [-0.25, -0.2) is 4.68 Å². The molecule has 7 heteroatoms. The number of hydrogen-bond donors (Lipinski definition) is 0. The Morgan fingerprint density at radius 3 is 2.41 bits per heavy atom. The molecule has 7 nitrogen and oxygen atoms in total. The van der Waals surface area contributed by atoms with Gasteiger partial charge in [0.25, 0.3) is 0 Å². The van der Waals surface area contributed by atoms with Crippen molar-refractivity contribution in [2.75, 3.05) is 44.2 Å². The second kappa shape index (κ2) is 8.85. The summed E-state index contributed by atoms with van der Waals surface area (Å²) in [6.45, 7) is 5.31. The summed E-state index contributed by atoms with van der Waals surface area (Å²) in [6, 6.07) is 20.0. The highest BCUT2D eigenvalue weighted by Crippen LogP contribution is 2.22. The molecule has 0 spiro atoms. The van der Waals surface area contributed by atoms with Gasteiger partial charge in [0.1, 0.15) is 0 Å². The summed E-state index contributed by atoms with van der Waals surface area (Å²) >= 11 is 0. The molecule has 0 N–H and O–H groups in total. The highest BCUT2D eigenvalue weighted by atomic mass is 16.2. The molecule has 3 heterocycles. The molecule has 0 unspecified atom stereocenters. The first kappa shape index (κ1) is 20.3. The highest BCUT2D eigenvalue weighted by molar-refractivity contribution is 5.78. The van der Waals surface area contributed by atoms with Gasteiger partial charge < -0.3 is 9.80 Å². The Hall–Kier alpha value is -3.63. The number of anilines is 1. The van der Waals surface area contributed by atoms with Gasteiger partial charge in [-0.05, 0) is 36.4 Å². The van der Waals surface area contributed by atoms with E-state index in [9.17, 15) is 4.79 Å². The van der Waals surface area contributed by atoms with Crippen molar-refractivity contribution in [3.05, 3.63) is 77.6 Å². The molecule has 2 aliphatic heterocycles. The maximum absolute atomic E-state index is 12.9. The maximum Gasteiger partial charge on any atom is 0.236 e. The van der Waals surface area contributed by atoms with E-state index < -0.39 is 0 Å². The molecule has 32 heavy (non-hydrogen) atoms. The fourth-order valence-corrected chi connectivity index (χ4v) is 4.57. The number of carbonyl (C=O) groups is 1. The van der Waals surface area contributed by atoms with Crippen molar-refractivity contribution in [3.8, 4) is 11.8 Å². The topological polar surface area (TPSA) is 68.4 Å². The van der Waals surface area contributed by atoms with Gasteiger partial charge in [0, 0.05) is 62.6 Å². The van der Waals surface area contributed by atoms with Crippen LogP contribution < -0.4 is 4.90 Å². The third-order valence-electron chi connectivity index (χ3n) is 6.37. The molecule has 1 amide bonds. The molecule has 3 aromatic rings. The third kappa shape index (κ3) is 4.10. The number of piperazine rings is 1. The predicted molar refractivity (Wildman–Crippen MR) is 122 cm³/mol.